The number of ether oxygens (including phenoxy) is 8. The molecule has 9 aliphatic rings. The highest BCUT2D eigenvalue weighted by Gasteiger charge is 2.71. The van der Waals surface area contributed by atoms with Crippen LogP contribution in [0.5, 0.6) is 0 Å². The molecule has 74 heavy (non-hydrogen) atoms. The number of allylic oxidation sites excluding steroid dienone is 2. The van der Waals surface area contributed by atoms with E-state index in [1.807, 2.05) is 6.92 Å². The van der Waals surface area contributed by atoms with Crippen LogP contribution in [-0.2, 0) is 42.7 Å². The number of carboxylic acid groups (broad SMARTS) is 1. The predicted molar refractivity (Wildman–Crippen MR) is 253 cm³/mol. The number of carbonyl (C=O) groups is 1. The molecule has 5 aliphatic carbocycles. The van der Waals surface area contributed by atoms with E-state index in [1.54, 1.807) is 0 Å². The number of carboxylic acids is 1. The first kappa shape index (κ1) is 57.1. The van der Waals surface area contributed by atoms with Gasteiger partial charge in [0.05, 0.1) is 44.2 Å². The van der Waals surface area contributed by atoms with Crippen molar-refractivity contribution in [2.24, 2.45) is 50.2 Å². The van der Waals surface area contributed by atoms with E-state index in [4.69, 9.17) is 37.9 Å². The molecule has 22 heteroatoms. The summed E-state index contributed by atoms with van der Waals surface area (Å²) < 4.78 is 48.5. The highest BCUT2D eigenvalue weighted by Crippen LogP contribution is 2.76. The Morgan fingerprint density at radius 3 is 1.91 bits per heavy atom. The Kier molecular flexibility index (Phi) is 15.6. The first-order valence-corrected chi connectivity index (χ1v) is 26.7. The Morgan fingerprint density at radius 1 is 0.622 bits per heavy atom. The maximum absolute atomic E-state index is 12.5. The Labute approximate surface area is 431 Å². The molecular weight excluding hydrogens is 977 g/mol. The summed E-state index contributed by atoms with van der Waals surface area (Å²) in [6.07, 6.45) is -24.0. The van der Waals surface area contributed by atoms with Gasteiger partial charge in [-0.15, -0.1) is 0 Å². The Bertz CT molecular complexity index is 2060. The minimum Gasteiger partial charge on any atom is -0.479 e. The van der Waals surface area contributed by atoms with Crippen molar-refractivity contribution < 1.29 is 109 Å². The van der Waals surface area contributed by atoms with Crippen molar-refractivity contribution in [3.8, 4) is 0 Å². The molecule has 0 aromatic heterocycles. The number of fused-ring (bicyclic) bond motifs is 7. The van der Waals surface area contributed by atoms with Gasteiger partial charge in [-0.3, -0.25) is 0 Å². The molecule has 0 bridgehead atoms. The molecule has 9 rings (SSSR count). The first-order chi connectivity index (χ1) is 34.5. The van der Waals surface area contributed by atoms with E-state index in [1.165, 1.54) is 12.5 Å². The molecule has 0 amide bonds. The molecule has 29 atom stereocenters. The van der Waals surface area contributed by atoms with E-state index in [9.17, 15) is 71.2 Å². The third kappa shape index (κ3) is 8.88. The Hall–Kier alpha value is -1.59. The number of hydrogen-bond acceptors (Lipinski definition) is 21. The SMILES string of the molecule is C[C@@H]1O[C@H](O[C@H]2[C@H](O[C@H]3[C@H](O[C@H]4CC[C@]5(C)[C@H]6CC=C7[C@@H]8C[C@](C)(CO)[C@@H](O)[C@@H](O[C@@H]9OC[C@H](O)[C@H](O)[C@H]9O)[C@]8(C)CC[C@@]7(C)[C@]6(C)CC[C@H]5C4(C)C)O[C@H](C(=O)O)[C@@H](O)[C@@H]3O)OC[C@H](O)[C@@H]2O)[C@H](O)[C@H](O)[C@H]1O. The molecule has 4 heterocycles. The van der Waals surface area contributed by atoms with Gasteiger partial charge in [-0.2, -0.15) is 0 Å². The summed E-state index contributed by atoms with van der Waals surface area (Å²) in [4.78, 5) is 12.5. The Morgan fingerprint density at radius 2 is 1.24 bits per heavy atom. The lowest BCUT2D eigenvalue weighted by Crippen LogP contribution is -2.69. The fourth-order valence-corrected chi connectivity index (χ4v) is 16.1. The van der Waals surface area contributed by atoms with Crippen molar-refractivity contribution in [2.75, 3.05) is 19.8 Å². The van der Waals surface area contributed by atoms with Crippen LogP contribution in [0.15, 0.2) is 11.6 Å². The Balaban J connectivity index is 0.966. The van der Waals surface area contributed by atoms with Crippen LogP contribution < -0.4 is 0 Å². The van der Waals surface area contributed by atoms with Gasteiger partial charge in [0.2, 0.25) is 0 Å². The monoisotopic (exact) mass is 1060 g/mol. The van der Waals surface area contributed by atoms with Crippen molar-refractivity contribution in [3.63, 3.8) is 0 Å². The zero-order valence-corrected chi connectivity index (χ0v) is 43.7. The molecule has 13 N–H and O–H groups in total. The molecule has 0 radical (unpaired) electrons. The van der Waals surface area contributed by atoms with Gasteiger partial charge in [0.1, 0.15) is 73.2 Å². The summed E-state index contributed by atoms with van der Waals surface area (Å²) in [5.74, 6) is -1.45. The summed E-state index contributed by atoms with van der Waals surface area (Å²) in [5.41, 5.74) is -1.76. The van der Waals surface area contributed by atoms with Gasteiger partial charge >= 0.3 is 5.97 Å². The lowest BCUT2D eigenvalue weighted by atomic mass is 9.33. The van der Waals surface area contributed by atoms with Crippen LogP contribution in [0.3, 0.4) is 0 Å². The molecule has 0 spiro atoms. The molecule has 4 saturated heterocycles. The largest absolute Gasteiger partial charge is 0.479 e. The van der Waals surface area contributed by atoms with E-state index >= 15 is 0 Å². The second-order valence-electron chi connectivity index (χ2n) is 25.5. The number of aliphatic hydroxyl groups is 12. The van der Waals surface area contributed by atoms with Gasteiger partial charge in [-0.1, -0.05) is 60.1 Å². The molecular formula is C52H84O22. The second-order valence-corrected chi connectivity index (χ2v) is 25.5. The van der Waals surface area contributed by atoms with Gasteiger partial charge in [0.25, 0.3) is 0 Å². The number of rotatable bonds is 10. The third-order valence-electron chi connectivity index (χ3n) is 21.1. The van der Waals surface area contributed by atoms with Crippen LogP contribution in [0.4, 0.5) is 0 Å². The number of hydrogen-bond donors (Lipinski definition) is 13. The number of aliphatic hydroxyl groups excluding tert-OH is 12. The van der Waals surface area contributed by atoms with Crippen LogP contribution in [-0.4, -0.2) is 221 Å². The first-order valence-electron chi connectivity index (χ1n) is 26.7. The quantitative estimate of drug-likeness (QED) is 0.0901. The van der Waals surface area contributed by atoms with E-state index in [2.05, 4.69) is 47.6 Å². The summed E-state index contributed by atoms with van der Waals surface area (Å²) >= 11 is 0. The highest BCUT2D eigenvalue weighted by molar-refractivity contribution is 5.73. The van der Waals surface area contributed by atoms with Crippen molar-refractivity contribution in [2.45, 2.75) is 236 Å². The second kappa shape index (κ2) is 20.2. The highest BCUT2D eigenvalue weighted by atomic mass is 16.8. The summed E-state index contributed by atoms with van der Waals surface area (Å²) in [5, 5.41) is 141. The zero-order chi connectivity index (χ0) is 54.2. The van der Waals surface area contributed by atoms with E-state index in [-0.39, 0.29) is 47.2 Å². The lowest BCUT2D eigenvalue weighted by Gasteiger charge is -2.72. The average Bonchev–Trinajstić information content (AvgIpc) is 3.34. The maximum Gasteiger partial charge on any atom is 0.335 e. The summed E-state index contributed by atoms with van der Waals surface area (Å²) in [7, 11) is 0. The smallest absolute Gasteiger partial charge is 0.335 e. The average molecular weight is 1060 g/mol. The molecule has 4 saturated carbocycles. The standard InChI is InChI=1S/C52H84O22/c1-21-29(56)32(59)36(63)44(69-21)72-38-31(58)25(55)19-68-45(38)73-39-34(61)33(60)37(42(65)66)71-46(39)70-28-12-13-50(6)26(47(28,2)3)11-14-52(8)27(50)10-9-22-23-17-48(4,20-53)40(64)41(49(23,5)15-16-51(22,52)7)74-43-35(62)30(57)24(54)18-67-43/h9,21,23-41,43-46,53-64H,10-20H2,1-8H3,(H,65,66)/t21-,23-,24-,25-,26-,27+,28-,29-,30-,31-,32+,33-,34-,35+,36+,37-,38+,39+,40-,41+,43-,44+,45-,46+,48+,49+,50-,51+,52+/m0/s1. The van der Waals surface area contributed by atoms with Gasteiger partial charge in [0.15, 0.2) is 31.3 Å². The van der Waals surface area contributed by atoms with E-state index < -0.39 is 158 Å². The third-order valence-corrected chi connectivity index (χ3v) is 21.1. The molecule has 8 fully saturated rings. The van der Waals surface area contributed by atoms with Crippen LogP contribution in [0.1, 0.15) is 107 Å². The molecule has 0 aromatic rings. The van der Waals surface area contributed by atoms with Gasteiger partial charge in [-0.25, -0.2) is 4.79 Å². The van der Waals surface area contributed by atoms with E-state index in [0.717, 1.165) is 25.7 Å². The van der Waals surface area contributed by atoms with Crippen molar-refractivity contribution in [3.05, 3.63) is 11.6 Å². The number of aliphatic carboxylic acids is 1. The van der Waals surface area contributed by atoms with Crippen molar-refractivity contribution in [1.29, 1.82) is 0 Å². The van der Waals surface area contributed by atoms with Crippen LogP contribution in [0, 0.1) is 50.2 Å². The molecule has 4 aliphatic heterocycles. The van der Waals surface area contributed by atoms with Crippen molar-refractivity contribution in [1.82, 2.24) is 0 Å². The van der Waals surface area contributed by atoms with Crippen LogP contribution in [0.25, 0.3) is 0 Å². The summed E-state index contributed by atoms with van der Waals surface area (Å²) in [6, 6.07) is 0. The minimum atomic E-state index is -2.02. The fourth-order valence-electron chi connectivity index (χ4n) is 16.1. The van der Waals surface area contributed by atoms with Gasteiger partial charge in [0, 0.05) is 10.8 Å². The maximum atomic E-state index is 12.5. The lowest BCUT2D eigenvalue weighted by molar-refractivity contribution is -0.386. The van der Waals surface area contributed by atoms with E-state index in [0.29, 0.717) is 25.7 Å². The van der Waals surface area contributed by atoms with Crippen molar-refractivity contribution >= 4 is 5.97 Å². The summed E-state index contributed by atoms with van der Waals surface area (Å²) in [6.45, 7) is 15.7. The van der Waals surface area contributed by atoms with Gasteiger partial charge < -0.3 is 104 Å². The molecule has 0 aromatic carbocycles. The van der Waals surface area contributed by atoms with Gasteiger partial charge in [-0.05, 0) is 97.7 Å². The normalized spacial score (nSPS) is 56.5. The van der Waals surface area contributed by atoms with Crippen LogP contribution in [0.2, 0.25) is 0 Å². The zero-order valence-electron chi connectivity index (χ0n) is 43.7. The topological polar surface area (TPSA) is 354 Å². The molecule has 22 nitrogen and oxygen atoms in total. The molecule has 0 unspecified atom stereocenters. The predicted octanol–water partition coefficient (Wildman–Crippen LogP) is -1.22. The minimum absolute atomic E-state index is 0.0540. The molecule has 424 valence electrons. The fraction of sp³-hybridized carbons (Fsp3) is 0.942. The van der Waals surface area contributed by atoms with Crippen LogP contribution >= 0.6 is 0 Å².